The number of hydrogen-bond donors (Lipinski definition) is 1. The highest BCUT2D eigenvalue weighted by molar-refractivity contribution is 7.14. The molecule has 1 amide bonds. The van der Waals surface area contributed by atoms with Crippen LogP contribution < -0.4 is 5.32 Å². The van der Waals surface area contributed by atoms with Crippen molar-refractivity contribution in [3.63, 3.8) is 0 Å². The maximum Gasteiger partial charge on any atom is 0.259 e. The van der Waals surface area contributed by atoms with E-state index in [2.05, 4.69) is 20.3 Å². The molecule has 0 saturated carbocycles. The molecule has 0 unspecified atom stereocenters. The highest BCUT2D eigenvalue weighted by Crippen LogP contribution is 2.26. The Morgan fingerprint density at radius 1 is 0.962 bits per heavy atom. The average Bonchev–Trinajstić information content (AvgIpc) is 3.34. The topological polar surface area (TPSA) is 67.8 Å². The summed E-state index contributed by atoms with van der Waals surface area (Å²) >= 11 is 3.00. The van der Waals surface area contributed by atoms with Gasteiger partial charge in [-0.1, -0.05) is 12.1 Å². The van der Waals surface area contributed by atoms with Gasteiger partial charge < -0.3 is 0 Å². The van der Waals surface area contributed by atoms with E-state index < -0.39 is 0 Å². The lowest BCUT2D eigenvalue weighted by atomic mass is 10.1. The number of nitrogens with one attached hydrogen (secondary N) is 1. The van der Waals surface area contributed by atoms with Crippen LogP contribution in [0.2, 0.25) is 0 Å². The van der Waals surface area contributed by atoms with Crippen LogP contribution in [0.3, 0.4) is 0 Å². The molecule has 0 atom stereocenters. The fourth-order valence-electron chi connectivity index (χ4n) is 2.49. The molecule has 0 saturated heterocycles. The summed E-state index contributed by atoms with van der Waals surface area (Å²) in [7, 11) is 0. The molecule has 128 valence electrons. The summed E-state index contributed by atoms with van der Waals surface area (Å²) < 4.78 is 0. The Labute approximate surface area is 158 Å². The Morgan fingerprint density at radius 2 is 1.88 bits per heavy atom. The molecule has 4 heterocycles. The Morgan fingerprint density at radius 3 is 2.62 bits per heavy atom. The van der Waals surface area contributed by atoms with Crippen LogP contribution in [-0.4, -0.2) is 20.9 Å². The van der Waals surface area contributed by atoms with Gasteiger partial charge in [0.25, 0.3) is 5.91 Å². The number of aryl methyl sites for hydroxylation is 1. The van der Waals surface area contributed by atoms with E-state index in [-0.39, 0.29) is 5.91 Å². The number of thiophene rings is 1. The highest BCUT2D eigenvalue weighted by Gasteiger charge is 2.14. The van der Waals surface area contributed by atoms with Crippen molar-refractivity contribution in [2.75, 3.05) is 5.32 Å². The van der Waals surface area contributed by atoms with Gasteiger partial charge in [0.2, 0.25) is 0 Å². The lowest BCUT2D eigenvalue weighted by Crippen LogP contribution is -2.14. The number of aromatic nitrogens is 3. The molecule has 4 aromatic heterocycles. The second kappa shape index (κ2) is 7.15. The number of carbonyl (C=O) groups excluding carboxylic acids is 1. The number of nitrogens with zero attached hydrogens (tertiary/aromatic N) is 3. The smallest absolute Gasteiger partial charge is 0.259 e. The van der Waals surface area contributed by atoms with E-state index in [1.54, 1.807) is 23.6 Å². The Kier molecular flexibility index (Phi) is 4.55. The van der Waals surface area contributed by atoms with Gasteiger partial charge in [-0.25, -0.2) is 4.98 Å². The highest BCUT2D eigenvalue weighted by atomic mass is 32.1. The lowest BCUT2D eigenvalue weighted by Gasteiger charge is -2.06. The molecule has 0 radical (unpaired) electrons. The van der Waals surface area contributed by atoms with Crippen molar-refractivity contribution in [2.24, 2.45) is 0 Å². The minimum atomic E-state index is -0.213. The number of anilines is 1. The van der Waals surface area contributed by atoms with E-state index in [4.69, 9.17) is 0 Å². The summed E-state index contributed by atoms with van der Waals surface area (Å²) in [6, 6.07) is 13.3. The number of thiazole rings is 1. The van der Waals surface area contributed by atoms with Gasteiger partial charge in [-0.05, 0) is 42.6 Å². The van der Waals surface area contributed by atoms with Gasteiger partial charge in [0.05, 0.1) is 27.5 Å². The molecule has 0 aliphatic rings. The number of amides is 1. The monoisotopic (exact) mass is 378 g/mol. The molecule has 0 spiro atoms. The number of carbonyl (C=O) groups is 1. The van der Waals surface area contributed by atoms with E-state index in [1.807, 2.05) is 54.1 Å². The minimum absolute atomic E-state index is 0.213. The summed E-state index contributed by atoms with van der Waals surface area (Å²) in [5, 5.41) is 7.27. The molecule has 0 aliphatic heterocycles. The van der Waals surface area contributed by atoms with Gasteiger partial charge >= 0.3 is 0 Å². The van der Waals surface area contributed by atoms with Crippen molar-refractivity contribution in [3.05, 3.63) is 70.7 Å². The molecular weight excluding hydrogens is 364 g/mol. The second-order valence-corrected chi connectivity index (χ2v) is 7.32. The maximum absolute atomic E-state index is 12.6. The molecule has 0 bridgehead atoms. The molecule has 0 fully saturated rings. The minimum Gasteiger partial charge on any atom is -0.298 e. The van der Waals surface area contributed by atoms with E-state index in [1.165, 1.54) is 11.3 Å². The lowest BCUT2D eigenvalue weighted by molar-refractivity contribution is 0.102. The van der Waals surface area contributed by atoms with Gasteiger partial charge in [-0.3, -0.25) is 20.1 Å². The van der Waals surface area contributed by atoms with Crippen LogP contribution >= 0.6 is 22.7 Å². The predicted octanol–water partition coefficient (Wildman–Crippen LogP) is 4.89. The Balaban J connectivity index is 1.53. The second-order valence-electron chi connectivity index (χ2n) is 5.51. The SMILES string of the molecule is Cc1nc(-c2cccs2)ccc1C(=O)Nc1nc(-c2ccccn2)cs1. The summed E-state index contributed by atoms with van der Waals surface area (Å²) in [6.45, 7) is 1.84. The van der Waals surface area contributed by atoms with Gasteiger partial charge in [-0.2, -0.15) is 0 Å². The van der Waals surface area contributed by atoms with Crippen LogP contribution in [0.25, 0.3) is 22.0 Å². The van der Waals surface area contributed by atoms with Crippen LogP contribution in [-0.2, 0) is 0 Å². The zero-order valence-corrected chi connectivity index (χ0v) is 15.5. The van der Waals surface area contributed by atoms with E-state index in [0.717, 1.165) is 22.0 Å². The first kappa shape index (κ1) is 16.6. The first-order valence-electron chi connectivity index (χ1n) is 7.90. The van der Waals surface area contributed by atoms with Crippen LogP contribution in [0.15, 0.2) is 59.4 Å². The summed E-state index contributed by atoms with van der Waals surface area (Å²) in [4.78, 5) is 26.9. The zero-order valence-electron chi connectivity index (χ0n) is 13.8. The molecule has 0 aromatic carbocycles. The van der Waals surface area contributed by atoms with Crippen LogP contribution in [0, 0.1) is 6.92 Å². The van der Waals surface area contributed by atoms with Gasteiger partial charge in [-0.15, -0.1) is 22.7 Å². The van der Waals surface area contributed by atoms with E-state index in [0.29, 0.717) is 16.4 Å². The third-order valence-electron chi connectivity index (χ3n) is 3.76. The molecule has 4 rings (SSSR count). The van der Waals surface area contributed by atoms with Crippen molar-refractivity contribution in [1.82, 2.24) is 15.0 Å². The normalized spacial score (nSPS) is 10.7. The first-order valence-corrected chi connectivity index (χ1v) is 9.66. The van der Waals surface area contributed by atoms with Crippen LogP contribution in [0.5, 0.6) is 0 Å². The molecule has 0 aliphatic carbocycles. The number of hydrogen-bond acceptors (Lipinski definition) is 6. The third kappa shape index (κ3) is 3.40. The summed E-state index contributed by atoms with van der Waals surface area (Å²) in [5.74, 6) is -0.213. The molecular formula is C19H14N4OS2. The van der Waals surface area contributed by atoms with Crippen molar-refractivity contribution in [1.29, 1.82) is 0 Å². The van der Waals surface area contributed by atoms with Gasteiger partial charge in [0.15, 0.2) is 5.13 Å². The molecule has 1 N–H and O–H groups in total. The van der Waals surface area contributed by atoms with Gasteiger partial charge in [0.1, 0.15) is 5.69 Å². The first-order chi connectivity index (χ1) is 12.7. The summed E-state index contributed by atoms with van der Waals surface area (Å²) in [5.41, 5.74) is 3.63. The number of pyridine rings is 2. The van der Waals surface area contributed by atoms with Crippen molar-refractivity contribution >= 4 is 33.7 Å². The maximum atomic E-state index is 12.6. The van der Waals surface area contributed by atoms with Crippen molar-refractivity contribution in [3.8, 4) is 22.0 Å². The largest absolute Gasteiger partial charge is 0.298 e. The van der Waals surface area contributed by atoms with Crippen LogP contribution in [0.1, 0.15) is 16.1 Å². The average molecular weight is 378 g/mol. The predicted molar refractivity (Wildman–Crippen MR) is 106 cm³/mol. The van der Waals surface area contributed by atoms with Crippen molar-refractivity contribution < 1.29 is 4.79 Å². The standard InChI is InChI=1S/C19H14N4OS2/c1-12-13(7-8-15(21-12)17-6-4-10-25-17)18(24)23-19-22-16(11-26-19)14-5-2-3-9-20-14/h2-11H,1H3,(H,22,23,24). The van der Waals surface area contributed by atoms with Gasteiger partial charge in [0, 0.05) is 11.6 Å². The van der Waals surface area contributed by atoms with Crippen LogP contribution in [0.4, 0.5) is 5.13 Å². The molecule has 5 nitrogen and oxygen atoms in total. The third-order valence-corrected chi connectivity index (χ3v) is 5.41. The van der Waals surface area contributed by atoms with E-state index >= 15 is 0 Å². The quantitative estimate of drug-likeness (QED) is 0.549. The molecule has 26 heavy (non-hydrogen) atoms. The molecule has 7 heteroatoms. The van der Waals surface area contributed by atoms with E-state index in [9.17, 15) is 4.79 Å². The summed E-state index contributed by atoms with van der Waals surface area (Å²) in [6.07, 6.45) is 1.72. The van der Waals surface area contributed by atoms with Crippen molar-refractivity contribution in [2.45, 2.75) is 6.92 Å². The zero-order chi connectivity index (χ0) is 17.9. The Bertz CT molecular complexity index is 1040. The Hall–Kier alpha value is -2.90. The molecule has 4 aromatic rings. The fraction of sp³-hybridized carbons (Fsp3) is 0.0526. The fourth-order valence-corrected chi connectivity index (χ4v) is 3.88. The number of rotatable bonds is 4.